The number of phenolic OH excluding ortho intramolecular Hbond substituents is 1. The van der Waals surface area contributed by atoms with E-state index in [1.807, 2.05) is 4.90 Å². The summed E-state index contributed by atoms with van der Waals surface area (Å²) < 4.78 is 0. The van der Waals surface area contributed by atoms with Crippen LogP contribution in [0, 0.1) is 11.8 Å². The van der Waals surface area contributed by atoms with Crippen molar-refractivity contribution in [2.24, 2.45) is 17.6 Å². The van der Waals surface area contributed by atoms with Crippen LogP contribution in [0.3, 0.4) is 0 Å². The number of halogens is 1. The normalized spacial score (nSPS) is 27.3. The number of ketones is 2. The molecule has 2 amide bonds. The SMILES string of the molecule is CN(C)c1c(Cl)c(NC(=O)CN2CCCC2)c(O)c2c1CC1CC3[C@H](N(C)C)C(O)=C(C(N)=O)C(=O)[C@@]3(O)C(O)=C1C2=O. The first-order chi connectivity index (χ1) is 20.1. The van der Waals surface area contributed by atoms with Gasteiger partial charge in [-0.3, -0.25) is 29.0 Å². The molecule has 1 aromatic carbocycles. The van der Waals surface area contributed by atoms with Gasteiger partial charge in [0.15, 0.2) is 17.1 Å². The van der Waals surface area contributed by atoms with Crippen LogP contribution in [0.5, 0.6) is 5.75 Å². The van der Waals surface area contributed by atoms with Crippen molar-refractivity contribution in [3.63, 3.8) is 0 Å². The number of aliphatic hydroxyl groups excluding tert-OH is 2. The summed E-state index contributed by atoms with van der Waals surface area (Å²) in [6, 6.07) is -1.09. The minimum absolute atomic E-state index is 0.0264. The predicted molar refractivity (Wildman–Crippen MR) is 157 cm³/mol. The van der Waals surface area contributed by atoms with E-state index in [1.165, 1.54) is 4.90 Å². The topological polar surface area (TPSA) is 197 Å². The smallest absolute Gasteiger partial charge is 0.255 e. The van der Waals surface area contributed by atoms with Crippen LogP contribution < -0.4 is 16.0 Å². The molecule has 1 aromatic rings. The number of hydrogen-bond acceptors (Lipinski definition) is 11. The third-order valence-electron chi connectivity index (χ3n) is 9.08. The number of nitrogens with zero attached hydrogens (tertiary/aromatic N) is 3. The molecular formula is C29H36ClN5O8. The number of rotatable bonds is 6. The number of benzene rings is 1. The van der Waals surface area contributed by atoms with Gasteiger partial charge in [0.25, 0.3) is 5.91 Å². The van der Waals surface area contributed by atoms with E-state index in [0.29, 0.717) is 11.3 Å². The molecule has 2 unspecified atom stereocenters. The van der Waals surface area contributed by atoms with E-state index >= 15 is 0 Å². The maximum Gasteiger partial charge on any atom is 0.255 e. The number of anilines is 2. The number of phenols is 1. The highest BCUT2D eigenvalue weighted by Crippen LogP contribution is 2.55. The number of aliphatic hydroxyl groups is 3. The van der Waals surface area contributed by atoms with E-state index in [9.17, 15) is 39.6 Å². The molecule has 3 aliphatic carbocycles. The Hall–Kier alpha value is -3.65. The molecule has 0 radical (unpaired) electrons. The van der Waals surface area contributed by atoms with Crippen molar-refractivity contribution in [2.75, 3.05) is 58.0 Å². The molecule has 4 atom stereocenters. The van der Waals surface area contributed by atoms with Gasteiger partial charge >= 0.3 is 0 Å². The number of fused-ring (bicyclic) bond motifs is 3. The second-order valence-electron chi connectivity index (χ2n) is 12.1. The van der Waals surface area contributed by atoms with E-state index in [-0.39, 0.29) is 41.2 Å². The van der Waals surface area contributed by atoms with Gasteiger partial charge < -0.3 is 36.4 Å². The van der Waals surface area contributed by atoms with E-state index in [2.05, 4.69) is 5.32 Å². The minimum atomic E-state index is -2.75. The number of carbonyl (C=O) groups excluding carboxylic acids is 4. The lowest BCUT2D eigenvalue weighted by Crippen LogP contribution is -2.63. The molecule has 13 nitrogen and oxygen atoms in total. The van der Waals surface area contributed by atoms with Gasteiger partial charge in [0.05, 0.1) is 28.9 Å². The fraction of sp³-hybridized carbons (Fsp3) is 0.517. The lowest BCUT2D eigenvalue weighted by Gasteiger charge is -2.50. The predicted octanol–water partition coefficient (Wildman–Crippen LogP) is 0.874. The Morgan fingerprint density at radius 2 is 1.74 bits per heavy atom. The quantitative estimate of drug-likeness (QED) is 0.196. The van der Waals surface area contributed by atoms with Gasteiger partial charge in [-0.15, -0.1) is 0 Å². The lowest BCUT2D eigenvalue weighted by molar-refractivity contribution is -0.148. The summed E-state index contributed by atoms with van der Waals surface area (Å²) in [5, 5.41) is 48.3. The van der Waals surface area contributed by atoms with Gasteiger partial charge in [-0.2, -0.15) is 0 Å². The molecule has 0 bridgehead atoms. The van der Waals surface area contributed by atoms with Crippen LogP contribution in [0.2, 0.25) is 5.02 Å². The van der Waals surface area contributed by atoms with Crippen molar-refractivity contribution >= 4 is 46.4 Å². The molecule has 1 aliphatic heterocycles. The van der Waals surface area contributed by atoms with Crippen LogP contribution in [-0.2, 0) is 20.8 Å². The second-order valence-corrected chi connectivity index (χ2v) is 12.5. The number of aromatic hydroxyl groups is 1. The zero-order valence-corrected chi connectivity index (χ0v) is 25.2. The summed E-state index contributed by atoms with van der Waals surface area (Å²) in [6.07, 6.45) is 1.96. The molecule has 5 rings (SSSR count). The van der Waals surface area contributed by atoms with Crippen LogP contribution >= 0.6 is 11.6 Å². The highest BCUT2D eigenvalue weighted by atomic mass is 35.5. The van der Waals surface area contributed by atoms with Crippen LogP contribution in [0.1, 0.15) is 35.2 Å². The number of amides is 2. The van der Waals surface area contributed by atoms with Crippen LogP contribution in [-0.4, -0.2) is 113 Å². The monoisotopic (exact) mass is 617 g/mol. The van der Waals surface area contributed by atoms with Crippen LogP contribution in [0.15, 0.2) is 22.7 Å². The Bertz CT molecular complexity index is 1510. The molecule has 0 spiro atoms. The van der Waals surface area contributed by atoms with Gasteiger partial charge in [-0.25, -0.2) is 0 Å². The molecule has 232 valence electrons. The maximum absolute atomic E-state index is 14.2. The first-order valence-electron chi connectivity index (χ1n) is 14.0. The van der Waals surface area contributed by atoms with Crippen molar-refractivity contribution in [3.8, 4) is 5.75 Å². The van der Waals surface area contributed by atoms with E-state index in [0.717, 1.165) is 25.9 Å². The summed E-state index contributed by atoms with van der Waals surface area (Å²) in [7, 11) is 6.51. The second kappa shape index (κ2) is 10.8. The van der Waals surface area contributed by atoms with Gasteiger partial charge in [-0.1, -0.05) is 11.6 Å². The summed E-state index contributed by atoms with van der Waals surface area (Å²) in [4.78, 5) is 57.8. The number of Topliss-reactive ketones (excluding diaryl/α,β-unsaturated/α-hetero) is 2. The highest BCUT2D eigenvalue weighted by molar-refractivity contribution is 6.38. The van der Waals surface area contributed by atoms with Crippen molar-refractivity contribution in [2.45, 2.75) is 37.3 Å². The molecule has 7 N–H and O–H groups in total. The van der Waals surface area contributed by atoms with Gasteiger partial charge in [-0.05, 0) is 64.3 Å². The number of nitrogens with two attached hydrogens (primary N) is 1. The largest absolute Gasteiger partial charge is 0.510 e. The van der Waals surface area contributed by atoms with Crippen molar-refractivity contribution in [1.29, 1.82) is 0 Å². The highest BCUT2D eigenvalue weighted by Gasteiger charge is 2.63. The Morgan fingerprint density at radius 1 is 1.12 bits per heavy atom. The van der Waals surface area contributed by atoms with Crippen molar-refractivity contribution < 1.29 is 39.6 Å². The average Bonchev–Trinajstić information content (AvgIpc) is 3.41. The number of carbonyl (C=O) groups is 4. The lowest BCUT2D eigenvalue weighted by atomic mass is 9.58. The van der Waals surface area contributed by atoms with Crippen molar-refractivity contribution in [1.82, 2.24) is 9.80 Å². The molecule has 43 heavy (non-hydrogen) atoms. The standard InChI is InChI=1S/C29H36ClN5O8/c1-33(2)21-13-9-12-10-14-22(34(3)4)25(39)18(28(31)42)27(41)29(14,43)26(40)16(12)23(37)17(13)24(38)20(19(21)30)32-15(36)11-35-7-5-6-8-35/h12,14,22,38-40,43H,5-11H2,1-4H3,(H2,31,42)(H,32,36)/t12?,14?,22-,29-/m0/s1. The fourth-order valence-corrected chi connectivity index (χ4v) is 7.66. The molecule has 1 fully saturated rings. The Labute approximate surface area is 253 Å². The maximum atomic E-state index is 14.2. The molecule has 14 heteroatoms. The third kappa shape index (κ3) is 4.57. The van der Waals surface area contributed by atoms with Gasteiger partial charge in [0.2, 0.25) is 11.7 Å². The van der Waals surface area contributed by atoms with E-state index in [1.54, 1.807) is 33.1 Å². The molecule has 0 saturated carbocycles. The summed E-state index contributed by atoms with van der Waals surface area (Å²) in [5.74, 6) is -8.01. The number of hydrogen-bond donors (Lipinski definition) is 6. The van der Waals surface area contributed by atoms with Gasteiger partial charge in [0, 0.05) is 25.6 Å². The molecule has 4 aliphatic rings. The third-order valence-corrected chi connectivity index (χ3v) is 9.45. The molecule has 1 heterocycles. The van der Waals surface area contributed by atoms with Crippen molar-refractivity contribution in [3.05, 3.63) is 38.8 Å². The number of primary amides is 1. The number of allylic oxidation sites excluding steroid dienone is 1. The summed E-state index contributed by atoms with van der Waals surface area (Å²) >= 11 is 6.76. The van der Waals surface area contributed by atoms with Crippen LogP contribution in [0.25, 0.3) is 0 Å². The molecule has 0 aromatic heterocycles. The average molecular weight is 618 g/mol. The van der Waals surface area contributed by atoms with Crippen LogP contribution in [0.4, 0.5) is 11.4 Å². The molecule has 1 saturated heterocycles. The zero-order chi connectivity index (χ0) is 31.7. The first-order valence-corrected chi connectivity index (χ1v) is 14.4. The number of likely N-dealkylation sites (tertiary alicyclic amines) is 1. The van der Waals surface area contributed by atoms with E-state index in [4.69, 9.17) is 17.3 Å². The summed E-state index contributed by atoms with van der Waals surface area (Å²) in [5.41, 5.74) is 1.81. The van der Waals surface area contributed by atoms with E-state index < -0.39 is 69.7 Å². The first kappa shape index (κ1) is 30.8. The fourth-order valence-electron chi connectivity index (χ4n) is 7.24. The summed E-state index contributed by atoms with van der Waals surface area (Å²) in [6.45, 7) is 1.59. The number of likely N-dealkylation sites (N-methyl/N-ethyl adjacent to an activating group) is 1. The Kier molecular flexibility index (Phi) is 7.74. The molecular weight excluding hydrogens is 582 g/mol. The Morgan fingerprint density at radius 3 is 2.30 bits per heavy atom. The minimum Gasteiger partial charge on any atom is -0.510 e. The zero-order valence-electron chi connectivity index (χ0n) is 24.4. The number of nitrogens with one attached hydrogen (secondary N) is 1. The Balaban J connectivity index is 1.66. The van der Waals surface area contributed by atoms with Gasteiger partial charge in [0.1, 0.15) is 22.8 Å².